The molecule has 2 aliphatic rings. The Balaban J connectivity index is 2.11. The van der Waals surface area contributed by atoms with Crippen LogP contribution in [0, 0.1) is 11.8 Å². The molecule has 1 saturated heterocycles. The Kier molecular flexibility index (Phi) is 4.44. The molecule has 3 rings (SSSR count). The molecular formula is C22H33N. The average molecular weight is 312 g/mol. The molecule has 23 heavy (non-hydrogen) atoms. The summed E-state index contributed by atoms with van der Waals surface area (Å²) in [7, 11) is 0. The van der Waals surface area contributed by atoms with Crippen molar-refractivity contribution in [3.05, 3.63) is 41.0 Å². The largest absolute Gasteiger partial charge is 0.301 e. The molecule has 0 N–H and O–H groups in total. The number of rotatable bonds is 3. The number of nitrogens with zero attached hydrogens (tertiary/aromatic N) is 1. The van der Waals surface area contributed by atoms with E-state index in [1.807, 2.05) is 0 Å². The molecule has 1 spiro atoms. The number of benzene rings is 1. The van der Waals surface area contributed by atoms with E-state index in [0.29, 0.717) is 23.3 Å². The van der Waals surface area contributed by atoms with Crippen molar-refractivity contribution in [1.82, 2.24) is 4.90 Å². The molecule has 1 aromatic carbocycles. The van der Waals surface area contributed by atoms with Crippen molar-refractivity contribution < 1.29 is 0 Å². The van der Waals surface area contributed by atoms with Gasteiger partial charge in [-0.15, -0.1) is 0 Å². The van der Waals surface area contributed by atoms with E-state index < -0.39 is 0 Å². The van der Waals surface area contributed by atoms with Crippen LogP contribution < -0.4 is 0 Å². The van der Waals surface area contributed by atoms with Crippen molar-refractivity contribution >= 4 is 5.57 Å². The summed E-state index contributed by atoms with van der Waals surface area (Å²) in [5.41, 5.74) is 6.86. The molecule has 1 aromatic rings. The molecule has 0 amide bonds. The Morgan fingerprint density at radius 1 is 0.870 bits per heavy atom. The predicted octanol–water partition coefficient (Wildman–Crippen LogP) is 5.51. The molecule has 0 bridgehead atoms. The number of hydrogen-bond acceptors (Lipinski definition) is 1. The molecule has 0 atom stereocenters. The van der Waals surface area contributed by atoms with Crippen LogP contribution in [0.1, 0.15) is 65.5 Å². The van der Waals surface area contributed by atoms with Gasteiger partial charge in [0.25, 0.3) is 0 Å². The minimum atomic E-state index is 0.301. The van der Waals surface area contributed by atoms with Gasteiger partial charge in [-0.25, -0.2) is 0 Å². The first-order valence-electron chi connectivity index (χ1n) is 9.47. The molecule has 1 heterocycles. The maximum absolute atomic E-state index is 2.65. The van der Waals surface area contributed by atoms with Crippen LogP contribution in [0.15, 0.2) is 29.8 Å². The summed E-state index contributed by atoms with van der Waals surface area (Å²) in [6.45, 7) is 16.7. The zero-order valence-electron chi connectivity index (χ0n) is 15.8. The van der Waals surface area contributed by atoms with Crippen molar-refractivity contribution in [3.63, 3.8) is 0 Å². The molecule has 0 unspecified atom stereocenters. The van der Waals surface area contributed by atoms with E-state index in [9.17, 15) is 0 Å². The first-order chi connectivity index (χ1) is 10.9. The molecule has 1 nitrogen and oxygen atoms in total. The lowest BCUT2D eigenvalue weighted by Crippen LogP contribution is -2.46. The molecule has 1 aliphatic heterocycles. The molecular weight excluding hydrogens is 278 g/mol. The van der Waals surface area contributed by atoms with Crippen LogP contribution in [0.2, 0.25) is 0 Å². The lowest BCUT2D eigenvalue weighted by molar-refractivity contribution is 0.141. The Labute approximate surface area is 142 Å². The van der Waals surface area contributed by atoms with Crippen LogP contribution in [-0.2, 0) is 5.41 Å². The molecule has 1 aliphatic carbocycles. The van der Waals surface area contributed by atoms with Gasteiger partial charge in [0.05, 0.1) is 0 Å². The van der Waals surface area contributed by atoms with Gasteiger partial charge in [0.1, 0.15) is 0 Å². The lowest BCUT2D eigenvalue weighted by Gasteiger charge is -2.45. The standard InChI is InChI=1S/C22H33N/c1-15(2)20-18-9-7-8-10-19(18)22(21(20)16(3)4)11-13-23(14-12-22)17(5)6/h7-10,15-17H,11-14H2,1-6H3. The van der Waals surface area contributed by atoms with Crippen molar-refractivity contribution in [2.45, 2.75) is 65.8 Å². The SMILES string of the molecule is CC(C)C1=C(C(C)C)C2(CCN(C(C)C)CC2)c2ccccc21. The Hall–Kier alpha value is -1.08. The summed E-state index contributed by atoms with van der Waals surface area (Å²) in [4.78, 5) is 2.65. The minimum Gasteiger partial charge on any atom is -0.301 e. The average Bonchev–Trinajstić information content (AvgIpc) is 2.79. The van der Waals surface area contributed by atoms with Crippen molar-refractivity contribution in [1.29, 1.82) is 0 Å². The van der Waals surface area contributed by atoms with E-state index in [2.05, 4.69) is 70.7 Å². The van der Waals surface area contributed by atoms with Gasteiger partial charge in [-0.05, 0) is 68.3 Å². The fraction of sp³-hybridized carbons (Fsp3) is 0.636. The van der Waals surface area contributed by atoms with Crippen LogP contribution in [0.3, 0.4) is 0 Å². The number of piperidine rings is 1. The van der Waals surface area contributed by atoms with Crippen molar-refractivity contribution in [2.24, 2.45) is 11.8 Å². The zero-order valence-corrected chi connectivity index (χ0v) is 15.8. The Bertz CT molecular complexity index is 598. The summed E-state index contributed by atoms with van der Waals surface area (Å²) in [6, 6.07) is 9.92. The Morgan fingerprint density at radius 3 is 2.00 bits per heavy atom. The normalized spacial score (nSPS) is 21.1. The Morgan fingerprint density at radius 2 is 1.48 bits per heavy atom. The van der Waals surface area contributed by atoms with E-state index >= 15 is 0 Å². The molecule has 0 saturated carbocycles. The van der Waals surface area contributed by atoms with Crippen LogP contribution in [0.5, 0.6) is 0 Å². The van der Waals surface area contributed by atoms with Gasteiger partial charge in [-0.1, -0.05) is 57.5 Å². The maximum atomic E-state index is 2.65. The number of allylic oxidation sites excluding steroid dienone is 2. The highest BCUT2D eigenvalue weighted by Crippen LogP contribution is 2.56. The molecule has 126 valence electrons. The van der Waals surface area contributed by atoms with E-state index in [1.165, 1.54) is 25.9 Å². The summed E-state index contributed by atoms with van der Waals surface area (Å²) in [5.74, 6) is 1.24. The van der Waals surface area contributed by atoms with Crippen molar-refractivity contribution in [2.75, 3.05) is 13.1 Å². The second-order valence-electron chi connectivity index (χ2n) is 8.39. The van der Waals surface area contributed by atoms with E-state index in [0.717, 1.165) is 0 Å². The van der Waals surface area contributed by atoms with Crippen LogP contribution in [0.25, 0.3) is 5.57 Å². The van der Waals surface area contributed by atoms with Crippen LogP contribution in [0.4, 0.5) is 0 Å². The van der Waals surface area contributed by atoms with E-state index in [4.69, 9.17) is 0 Å². The molecule has 0 aromatic heterocycles. The summed E-state index contributed by atoms with van der Waals surface area (Å²) in [5, 5.41) is 0. The third kappa shape index (κ3) is 2.58. The first kappa shape index (κ1) is 16.8. The van der Waals surface area contributed by atoms with Gasteiger partial charge in [0, 0.05) is 11.5 Å². The second-order valence-corrected chi connectivity index (χ2v) is 8.39. The highest BCUT2D eigenvalue weighted by molar-refractivity contribution is 5.81. The van der Waals surface area contributed by atoms with E-state index in [1.54, 1.807) is 22.3 Å². The topological polar surface area (TPSA) is 3.24 Å². The zero-order chi connectivity index (χ0) is 16.8. The van der Waals surface area contributed by atoms with Gasteiger partial charge in [0.2, 0.25) is 0 Å². The number of hydrogen-bond donors (Lipinski definition) is 0. The minimum absolute atomic E-state index is 0.301. The first-order valence-corrected chi connectivity index (χ1v) is 9.47. The highest BCUT2D eigenvalue weighted by Gasteiger charge is 2.47. The smallest absolute Gasteiger partial charge is 0.0200 e. The van der Waals surface area contributed by atoms with Crippen molar-refractivity contribution in [3.8, 4) is 0 Å². The molecule has 1 heteroatoms. The number of likely N-dealkylation sites (tertiary alicyclic amines) is 1. The molecule has 0 radical (unpaired) electrons. The number of fused-ring (bicyclic) bond motifs is 2. The predicted molar refractivity (Wildman–Crippen MR) is 101 cm³/mol. The van der Waals surface area contributed by atoms with Gasteiger partial charge >= 0.3 is 0 Å². The monoisotopic (exact) mass is 311 g/mol. The third-order valence-corrected chi connectivity index (χ3v) is 6.08. The fourth-order valence-corrected chi connectivity index (χ4v) is 5.13. The van der Waals surface area contributed by atoms with Crippen LogP contribution in [-0.4, -0.2) is 24.0 Å². The summed E-state index contributed by atoms with van der Waals surface area (Å²) in [6.07, 6.45) is 2.57. The molecule has 1 fully saturated rings. The van der Waals surface area contributed by atoms with Gasteiger partial charge in [0.15, 0.2) is 0 Å². The third-order valence-electron chi connectivity index (χ3n) is 6.08. The lowest BCUT2D eigenvalue weighted by atomic mass is 9.66. The maximum Gasteiger partial charge on any atom is 0.0200 e. The van der Waals surface area contributed by atoms with Gasteiger partial charge < -0.3 is 4.90 Å². The fourth-order valence-electron chi connectivity index (χ4n) is 5.13. The highest BCUT2D eigenvalue weighted by atomic mass is 15.2. The van der Waals surface area contributed by atoms with Gasteiger partial charge in [-0.3, -0.25) is 0 Å². The quantitative estimate of drug-likeness (QED) is 0.711. The van der Waals surface area contributed by atoms with Crippen LogP contribution >= 0.6 is 0 Å². The second kappa shape index (κ2) is 6.09. The van der Waals surface area contributed by atoms with E-state index in [-0.39, 0.29) is 0 Å². The summed E-state index contributed by atoms with van der Waals surface area (Å²) >= 11 is 0. The summed E-state index contributed by atoms with van der Waals surface area (Å²) < 4.78 is 0. The van der Waals surface area contributed by atoms with Gasteiger partial charge in [-0.2, -0.15) is 0 Å².